The number of nitro groups is 2. The highest BCUT2D eigenvalue weighted by molar-refractivity contribution is 5.22. The third-order valence-electron chi connectivity index (χ3n) is 1.65. The van der Waals surface area contributed by atoms with Gasteiger partial charge < -0.3 is 5.11 Å². The molecule has 1 N–H and O–H groups in total. The number of rotatable bonds is 2. The summed E-state index contributed by atoms with van der Waals surface area (Å²) in [6.07, 6.45) is 0.762. The van der Waals surface area contributed by atoms with Crippen LogP contribution in [0, 0.1) is 20.2 Å². The molecule has 0 atom stereocenters. The van der Waals surface area contributed by atoms with Crippen LogP contribution in [0.3, 0.4) is 0 Å². The normalized spacial score (nSPS) is 16.8. The molecule has 0 aromatic heterocycles. The smallest absolute Gasteiger partial charge is 0.312 e. The summed E-state index contributed by atoms with van der Waals surface area (Å²) < 4.78 is 0. The molecule has 0 heterocycles. The second kappa shape index (κ2) is 3.21. The van der Waals surface area contributed by atoms with Gasteiger partial charge >= 0.3 is 5.70 Å². The lowest BCUT2D eigenvalue weighted by Crippen LogP contribution is -2.10. The minimum Gasteiger partial charge on any atom is -0.506 e. The molecule has 0 fully saturated rings. The fourth-order valence-electron chi connectivity index (χ4n) is 0.990. The van der Waals surface area contributed by atoms with E-state index in [2.05, 4.69) is 0 Å². The van der Waals surface area contributed by atoms with Gasteiger partial charge in [-0.3, -0.25) is 20.2 Å². The van der Waals surface area contributed by atoms with Crippen molar-refractivity contribution in [2.75, 3.05) is 0 Å². The van der Waals surface area contributed by atoms with Gasteiger partial charge in [0.15, 0.2) is 5.76 Å². The van der Waals surface area contributed by atoms with Crippen LogP contribution in [0.1, 0.15) is 12.8 Å². The van der Waals surface area contributed by atoms with Crippen molar-refractivity contribution in [3.63, 3.8) is 0 Å². The molecule has 0 spiro atoms. The average Bonchev–Trinajstić information content (AvgIpc) is 2.04. The van der Waals surface area contributed by atoms with Crippen molar-refractivity contribution in [2.45, 2.75) is 12.8 Å². The topological polar surface area (TPSA) is 107 Å². The highest BCUT2D eigenvalue weighted by atomic mass is 16.6. The fraction of sp³-hybridized carbons (Fsp3) is 0.333. The quantitative estimate of drug-likeness (QED) is 0.511. The first-order chi connectivity index (χ1) is 6.02. The van der Waals surface area contributed by atoms with Crippen molar-refractivity contribution in [3.05, 3.63) is 43.5 Å². The lowest BCUT2D eigenvalue weighted by Gasteiger charge is -2.04. The first-order valence-electron chi connectivity index (χ1n) is 3.44. The standard InChI is InChI=1S/C6H6N2O5/c9-6-2-1-4(7(10)11)3-5(6)8(12)13/h3,9H,1-2H2. The van der Waals surface area contributed by atoms with Crippen LogP contribution in [0.2, 0.25) is 0 Å². The van der Waals surface area contributed by atoms with E-state index in [1.165, 1.54) is 0 Å². The Morgan fingerprint density at radius 1 is 1.23 bits per heavy atom. The third-order valence-corrected chi connectivity index (χ3v) is 1.65. The van der Waals surface area contributed by atoms with Gasteiger partial charge in [0.1, 0.15) is 0 Å². The lowest BCUT2D eigenvalue weighted by molar-refractivity contribution is -0.440. The van der Waals surface area contributed by atoms with Crippen LogP contribution in [-0.4, -0.2) is 15.0 Å². The van der Waals surface area contributed by atoms with Gasteiger partial charge in [0.25, 0.3) is 5.70 Å². The van der Waals surface area contributed by atoms with Gasteiger partial charge in [-0.1, -0.05) is 0 Å². The Morgan fingerprint density at radius 2 is 1.85 bits per heavy atom. The summed E-state index contributed by atoms with van der Waals surface area (Å²) in [6, 6.07) is 0. The second-order valence-electron chi connectivity index (χ2n) is 2.48. The van der Waals surface area contributed by atoms with Gasteiger partial charge in [-0.25, -0.2) is 0 Å². The van der Waals surface area contributed by atoms with Crippen LogP contribution in [0.25, 0.3) is 0 Å². The largest absolute Gasteiger partial charge is 0.506 e. The van der Waals surface area contributed by atoms with Crippen molar-refractivity contribution in [3.8, 4) is 0 Å². The summed E-state index contributed by atoms with van der Waals surface area (Å²) in [6.45, 7) is 0. The van der Waals surface area contributed by atoms with E-state index in [9.17, 15) is 20.2 Å². The zero-order chi connectivity index (χ0) is 10.0. The summed E-state index contributed by atoms with van der Waals surface area (Å²) in [5, 5.41) is 29.5. The SMILES string of the molecule is O=[N+]([O-])C1=CC([N+](=O)[O-])=C(O)CC1. The van der Waals surface area contributed by atoms with Crippen molar-refractivity contribution in [1.82, 2.24) is 0 Å². The van der Waals surface area contributed by atoms with Gasteiger partial charge in [0, 0.05) is 12.8 Å². The number of aliphatic hydroxyl groups excluding tert-OH is 1. The van der Waals surface area contributed by atoms with E-state index in [1.807, 2.05) is 0 Å². The third kappa shape index (κ3) is 1.81. The van der Waals surface area contributed by atoms with Gasteiger partial charge in [-0.15, -0.1) is 0 Å². The number of allylic oxidation sites excluding steroid dienone is 3. The molecule has 13 heavy (non-hydrogen) atoms. The molecule has 0 aliphatic heterocycles. The minimum atomic E-state index is -0.835. The number of hydrogen-bond acceptors (Lipinski definition) is 5. The first kappa shape index (κ1) is 9.17. The van der Waals surface area contributed by atoms with Crippen molar-refractivity contribution in [1.29, 1.82) is 0 Å². The Balaban J connectivity index is 3.05. The second-order valence-corrected chi connectivity index (χ2v) is 2.48. The molecular formula is C6H6N2O5. The minimum absolute atomic E-state index is 0.0240. The Bertz CT molecular complexity index is 330. The van der Waals surface area contributed by atoms with E-state index < -0.39 is 21.3 Å². The number of nitrogens with zero attached hydrogens (tertiary/aromatic N) is 2. The molecule has 0 aromatic rings. The predicted molar refractivity (Wildman–Crippen MR) is 41.0 cm³/mol. The van der Waals surface area contributed by atoms with Crippen LogP contribution in [-0.2, 0) is 0 Å². The lowest BCUT2D eigenvalue weighted by atomic mass is 10.1. The molecule has 7 nitrogen and oxygen atoms in total. The summed E-state index contributed by atoms with van der Waals surface area (Å²) in [7, 11) is 0. The Hall–Kier alpha value is -1.92. The molecule has 0 unspecified atom stereocenters. The number of hydrogen-bond donors (Lipinski definition) is 1. The average molecular weight is 186 g/mol. The van der Waals surface area contributed by atoms with E-state index in [1.54, 1.807) is 0 Å². The van der Waals surface area contributed by atoms with Crippen molar-refractivity contribution < 1.29 is 15.0 Å². The van der Waals surface area contributed by atoms with E-state index in [0.29, 0.717) is 0 Å². The van der Waals surface area contributed by atoms with Crippen LogP contribution in [0.4, 0.5) is 0 Å². The highest BCUT2D eigenvalue weighted by Crippen LogP contribution is 2.22. The number of aliphatic hydroxyl groups is 1. The Kier molecular flexibility index (Phi) is 2.27. The summed E-state index contributed by atoms with van der Waals surface area (Å²) >= 11 is 0. The zero-order valence-electron chi connectivity index (χ0n) is 6.47. The van der Waals surface area contributed by atoms with Crippen LogP contribution >= 0.6 is 0 Å². The maximum absolute atomic E-state index is 10.3. The van der Waals surface area contributed by atoms with E-state index in [4.69, 9.17) is 5.11 Å². The first-order valence-corrected chi connectivity index (χ1v) is 3.44. The molecular weight excluding hydrogens is 180 g/mol. The molecule has 1 aliphatic rings. The molecule has 1 rings (SSSR count). The molecule has 0 bridgehead atoms. The van der Waals surface area contributed by atoms with Gasteiger partial charge in [0.2, 0.25) is 0 Å². The molecule has 7 heteroatoms. The van der Waals surface area contributed by atoms with Crippen molar-refractivity contribution in [2.24, 2.45) is 0 Å². The van der Waals surface area contributed by atoms with E-state index >= 15 is 0 Å². The molecule has 0 amide bonds. The van der Waals surface area contributed by atoms with Gasteiger partial charge in [-0.2, -0.15) is 0 Å². The zero-order valence-corrected chi connectivity index (χ0v) is 6.47. The van der Waals surface area contributed by atoms with Gasteiger partial charge in [-0.05, 0) is 0 Å². The van der Waals surface area contributed by atoms with Crippen LogP contribution in [0.15, 0.2) is 23.2 Å². The maximum atomic E-state index is 10.3. The molecule has 1 aliphatic carbocycles. The highest BCUT2D eigenvalue weighted by Gasteiger charge is 2.27. The van der Waals surface area contributed by atoms with Crippen LogP contribution in [0.5, 0.6) is 0 Å². The molecule has 0 aromatic carbocycles. The van der Waals surface area contributed by atoms with Crippen LogP contribution < -0.4 is 0 Å². The Morgan fingerprint density at radius 3 is 2.31 bits per heavy atom. The monoisotopic (exact) mass is 186 g/mol. The molecule has 70 valence electrons. The Labute approximate surface area is 72.3 Å². The molecule has 0 saturated carbocycles. The van der Waals surface area contributed by atoms with E-state index in [-0.39, 0.29) is 18.5 Å². The van der Waals surface area contributed by atoms with Gasteiger partial charge in [0.05, 0.1) is 15.9 Å². The summed E-state index contributed by atoms with van der Waals surface area (Å²) in [5.74, 6) is -0.407. The van der Waals surface area contributed by atoms with E-state index in [0.717, 1.165) is 6.08 Å². The predicted octanol–water partition coefficient (Wildman–Crippen LogP) is 0.987. The summed E-state index contributed by atoms with van der Waals surface area (Å²) in [4.78, 5) is 19.0. The molecule has 0 radical (unpaired) electrons. The van der Waals surface area contributed by atoms with Crippen molar-refractivity contribution >= 4 is 0 Å². The fourth-order valence-corrected chi connectivity index (χ4v) is 0.990. The maximum Gasteiger partial charge on any atom is 0.312 e. The molecule has 0 saturated heterocycles. The summed E-state index contributed by atoms with van der Waals surface area (Å²) in [5.41, 5.74) is -0.831.